The molecular formula is C13H15NO4. The third-order valence-electron chi connectivity index (χ3n) is 2.89. The van der Waals surface area contributed by atoms with Crippen LogP contribution in [0.5, 0.6) is 5.75 Å². The van der Waals surface area contributed by atoms with Crippen molar-refractivity contribution in [3.8, 4) is 5.75 Å². The van der Waals surface area contributed by atoms with E-state index in [1.165, 1.54) is 7.11 Å². The molecule has 1 aromatic rings. The lowest BCUT2D eigenvalue weighted by atomic mass is 10.2. The Balaban J connectivity index is 2.06. The highest BCUT2D eigenvalue weighted by Crippen LogP contribution is 2.35. The zero-order chi connectivity index (χ0) is 13.1. The average molecular weight is 249 g/mol. The van der Waals surface area contributed by atoms with Gasteiger partial charge in [0.15, 0.2) is 6.10 Å². The minimum absolute atomic E-state index is 0.230. The molecule has 1 aromatic carbocycles. The number of methoxy groups -OCH3 is 1. The maximum absolute atomic E-state index is 11.6. The van der Waals surface area contributed by atoms with Gasteiger partial charge in [-0.25, -0.2) is 4.79 Å². The average Bonchev–Trinajstić information content (AvgIpc) is 3.20. The molecule has 0 aliphatic heterocycles. The maximum Gasteiger partial charge on any atom is 0.347 e. The zero-order valence-electron chi connectivity index (χ0n) is 10.1. The predicted molar refractivity (Wildman–Crippen MR) is 64.1 cm³/mol. The van der Waals surface area contributed by atoms with E-state index in [2.05, 4.69) is 0 Å². The third-order valence-corrected chi connectivity index (χ3v) is 2.89. The van der Waals surface area contributed by atoms with Crippen molar-refractivity contribution in [3.05, 3.63) is 29.8 Å². The number of ether oxygens (including phenoxy) is 2. The molecule has 0 saturated heterocycles. The molecule has 18 heavy (non-hydrogen) atoms. The van der Waals surface area contributed by atoms with Crippen LogP contribution in [0.25, 0.3) is 0 Å². The summed E-state index contributed by atoms with van der Waals surface area (Å²) in [5.74, 6) is -0.0969. The van der Waals surface area contributed by atoms with Gasteiger partial charge in [-0.15, -0.1) is 0 Å². The first-order chi connectivity index (χ1) is 8.61. The highest BCUT2D eigenvalue weighted by atomic mass is 16.6. The molecule has 1 fully saturated rings. The molecule has 1 aliphatic carbocycles. The summed E-state index contributed by atoms with van der Waals surface area (Å²) >= 11 is 0. The number of esters is 1. The van der Waals surface area contributed by atoms with Crippen LogP contribution in [0.15, 0.2) is 24.3 Å². The van der Waals surface area contributed by atoms with E-state index in [4.69, 9.17) is 15.2 Å². The summed E-state index contributed by atoms with van der Waals surface area (Å²) in [4.78, 5) is 22.5. The van der Waals surface area contributed by atoms with Crippen molar-refractivity contribution < 1.29 is 19.1 Å². The second-order valence-electron chi connectivity index (χ2n) is 4.29. The molecule has 0 heterocycles. The van der Waals surface area contributed by atoms with E-state index in [9.17, 15) is 9.59 Å². The number of benzene rings is 1. The fourth-order valence-corrected chi connectivity index (χ4v) is 1.70. The zero-order valence-corrected chi connectivity index (χ0v) is 10.1. The van der Waals surface area contributed by atoms with Gasteiger partial charge in [-0.1, -0.05) is 0 Å². The Morgan fingerprint density at radius 2 is 1.89 bits per heavy atom. The van der Waals surface area contributed by atoms with Gasteiger partial charge in [-0.05, 0) is 37.1 Å². The summed E-state index contributed by atoms with van der Waals surface area (Å²) < 4.78 is 10.3. The van der Waals surface area contributed by atoms with E-state index >= 15 is 0 Å². The van der Waals surface area contributed by atoms with Crippen LogP contribution in [-0.4, -0.2) is 25.1 Å². The van der Waals surface area contributed by atoms with Gasteiger partial charge in [0, 0.05) is 11.5 Å². The van der Waals surface area contributed by atoms with Crippen molar-refractivity contribution in [2.24, 2.45) is 11.7 Å². The van der Waals surface area contributed by atoms with Gasteiger partial charge in [-0.2, -0.15) is 0 Å². The molecule has 1 amide bonds. The van der Waals surface area contributed by atoms with Crippen molar-refractivity contribution in [2.75, 3.05) is 7.11 Å². The quantitative estimate of drug-likeness (QED) is 0.793. The molecule has 1 aliphatic rings. The van der Waals surface area contributed by atoms with Crippen LogP contribution in [0.2, 0.25) is 0 Å². The largest absolute Gasteiger partial charge is 0.478 e. The highest BCUT2D eigenvalue weighted by Gasteiger charge is 2.38. The Labute approximate surface area is 105 Å². The van der Waals surface area contributed by atoms with E-state index in [1.807, 2.05) is 0 Å². The van der Waals surface area contributed by atoms with Gasteiger partial charge in [-0.3, -0.25) is 4.79 Å². The predicted octanol–water partition coefficient (Wildman–Crippen LogP) is 1.12. The van der Waals surface area contributed by atoms with Gasteiger partial charge in [0.2, 0.25) is 5.91 Å². The van der Waals surface area contributed by atoms with Crippen molar-refractivity contribution in [2.45, 2.75) is 18.9 Å². The van der Waals surface area contributed by atoms with Gasteiger partial charge in [0.05, 0.1) is 7.11 Å². The Kier molecular flexibility index (Phi) is 3.50. The standard InChI is InChI=1S/C13H15NO4/c1-17-13(16)11(8-2-3-8)18-10-6-4-9(5-7-10)12(14)15/h4-8,11H,2-3H2,1H3,(H2,14,15). The summed E-state index contributed by atoms with van der Waals surface area (Å²) in [6, 6.07) is 6.38. The Morgan fingerprint density at radius 3 is 2.33 bits per heavy atom. The fraction of sp³-hybridized carbons (Fsp3) is 0.385. The SMILES string of the molecule is COC(=O)C(Oc1ccc(C(N)=O)cc1)C1CC1. The molecule has 2 N–H and O–H groups in total. The first-order valence-corrected chi connectivity index (χ1v) is 5.76. The van der Waals surface area contributed by atoms with E-state index in [1.54, 1.807) is 24.3 Å². The molecule has 5 nitrogen and oxygen atoms in total. The van der Waals surface area contributed by atoms with Crippen molar-refractivity contribution in [1.29, 1.82) is 0 Å². The Morgan fingerprint density at radius 1 is 1.28 bits per heavy atom. The molecule has 0 radical (unpaired) electrons. The molecule has 5 heteroatoms. The number of carbonyl (C=O) groups excluding carboxylic acids is 2. The molecule has 1 saturated carbocycles. The van der Waals surface area contributed by atoms with Crippen LogP contribution in [0.1, 0.15) is 23.2 Å². The molecule has 1 unspecified atom stereocenters. The van der Waals surface area contributed by atoms with Crippen LogP contribution in [0.4, 0.5) is 0 Å². The first-order valence-electron chi connectivity index (χ1n) is 5.76. The number of nitrogens with two attached hydrogens (primary N) is 1. The van der Waals surface area contributed by atoms with Gasteiger partial charge < -0.3 is 15.2 Å². The fourth-order valence-electron chi connectivity index (χ4n) is 1.70. The molecule has 96 valence electrons. The lowest BCUT2D eigenvalue weighted by molar-refractivity contribution is -0.149. The Hall–Kier alpha value is -2.04. The van der Waals surface area contributed by atoms with Gasteiger partial charge in [0.25, 0.3) is 0 Å². The molecule has 0 bridgehead atoms. The number of carbonyl (C=O) groups is 2. The second-order valence-corrected chi connectivity index (χ2v) is 4.29. The monoisotopic (exact) mass is 249 g/mol. The van der Waals surface area contributed by atoms with E-state index < -0.39 is 12.0 Å². The summed E-state index contributed by atoms with van der Waals surface area (Å²) in [6.07, 6.45) is 1.38. The number of rotatable bonds is 5. The minimum atomic E-state index is -0.561. The maximum atomic E-state index is 11.6. The topological polar surface area (TPSA) is 78.6 Å². The molecule has 2 rings (SSSR count). The van der Waals surface area contributed by atoms with E-state index in [-0.39, 0.29) is 11.9 Å². The smallest absolute Gasteiger partial charge is 0.347 e. The van der Waals surface area contributed by atoms with Crippen molar-refractivity contribution in [1.82, 2.24) is 0 Å². The summed E-state index contributed by atoms with van der Waals surface area (Å²) in [6.45, 7) is 0. The van der Waals surface area contributed by atoms with Crippen LogP contribution in [-0.2, 0) is 9.53 Å². The lowest BCUT2D eigenvalue weighted by Crippen LogP contribution is -2.30. The molecule has 0 aromatic heterocycles. The normalized spacial score (nSPS) is 15.8. The summed E-state index contributed by atoms with van der Waals surface area (Å²) in [5.41, 5.74) is 5.55. The summed E-state index contributed by atoms with van der Waals surface area (Å²) in [7, 11) is 1.34. The molecule has 0 spiro atoms. The van der Waals surface area contributed by atoms with Crippen molar-refractivity contribution >= 4 is 11.9 Å². The van der Waals surface area contributed by atoms with Crippen LogP contribution >= 0.6 is 0 Å². The third kappa shape index (κ3) is 2.80. The summed E-state index contributed by atoms with van der Waals surface area (Å²) in [5, 5.41) is 0. The highest BCUT2D eigenvalue weighted by molar-refractivity contribution is 5.92. The Bertz CT molecular complexity index is 451. The number of hydrogen-bond acceptors (Lipinski definition) is 4. The lowest BCUT2D eigenvalue weighted by Gasteiger charge is -2.16. The first kappa shape index (κ1) is 12.4. The van der Waals surface area contributed by atoms with E-state index in [0.29, 0.717) is 11.3 Å². The number of primary amides is 1. The van der Waals surface area contributed by atoms with Crippen LogP contribution in [0, 0.1) is 5.92 Å². The van der Waals surface area contributed by atoms with Crippen LogP contribution in [0.3, 0.4) is 0 Å². The number of amides is 1. The number of hydrogen-bond donors (Lipinski definition) is 1. The molecule has 1 atom stereocenters. The molecular weight excluding hydrogens is 234 g/mol. The van der Waals surface area contributed by atoms with Gasteiger partial charge in [0.1, 0.15) is 5.75 Å². The van der Waals surface area contributed by atoms with Crippen molar-refractivity contribution in [3.63, 3.8) is 0 Å². The second kappa shape index (κ2) is 5.08. The minimum Gasteiger partial charge on any atom is -0.478 e. The van der Waals surface area contributed by atoms with E-state index in [0.717, 1.165) is 12.8 Å². The van der Waals surface area contributed by atoms with Crippen LogP contribution < -0.4 is 10.5 Å². The van der Waals surface area contributed by atoms with Gasteiger partial charge >= 0.3 is 5.97 Å².